The lowest BCUT2D eigenvalue weighted by molar-refractivity contribution is -0.385. The van der Waals surface area contributed by atoms with Crippen molar-refractivity contribution in [3.05, 3.63) is 28.1 Å². The number of anilines is 1. The van der Waals surface area contributed by atoms with Crippen molar-refractivity contribution in [1.29, 1.82) is 5.26 Å². The van der Waals surface area contributed by atoms with Gasteiger partial charge in [-0.2, -0.15) is 5.26 Å². The molecule has 0 bridgehead atoms. The third-order valence-corrected chi connectivity index (χ3v) is 2.88. The SMILES string of the molecule is CCN(CC(C)C#N)c1cc(OC)c([N+](=O)[O-])cc1F. The molecule has 108 valence electrons. The van der Waals surface area contributed by atoms with Crippen LogP contribution < -0.4 is 9.64 Å². The first-order valence-corrected chi connectivity index (χ1v) is 6.11. The summed E-state index contributed by atoms with van der Waals surface area (Å²) < 4.78 is 19.0. The maximum atomic E-state index is 14.0. The molecule has 0 N–H and O–H groups in total. The molecule has 0 spiro atoms. The number of hydrogen-bond donors (Lipinski definition) is 0. The number of benzene rings is 1. The molecule has 0 aromatic heterocycles. The summed E-state index contributed by atoms with van der Waals surface area (Å²) in [5.41, 5.74) is -0.227. The second kappa shape index (κ2) is 6.70. The molecule has 0 aliphatic heterocycles. The minimum absolute atomic E-state index is 0.00513. The van der Waals surface area contributed by atoms with E-state index in [9.17, 15) is 14.5 Å². The molecule has 0 aliphatic rings. The average Bonchev–Trinajstić information content (AvgIpc) is 2.44. The molecule has 1 aromatic carbocycles. The number of nitriles is 1. The zero-order chi connectivity index (χ0) is 15.3. The van der Waals surface area contributed by atoms with Gasteiger partial charge in [-0.3, -0.25) is 10.1 Å². The van der Waals surface area contributed by atoms with E-state index in [2.05, 4.69) is 6.07 Å². The molecule has 1 rings (SSSR count). The number of rotatable bonds is 6. The molecule has 0 aliphatic carbocycles. The Balaban J connectivity index is 3.23. The van der Waals surface area contributed by atoms with Crippen molar-refractivity contribution >= 4 is 11.4 Å². The van der Waals surface area contributed by atoms with Gasteiger partial charge in [0, 0.05) is 19.2 Å². The quantitative estimate of drug-likeness (QED) is 0.591. The predicted molar refractivity (Wildman–Crippen MR) is 72.3 cm³/mol. The van der Waals surface area contributed by atoms with E-state index in [0.29, 0.717) is 13.1 Å². The van der Waals surface area contributed by atoms with Gasteiger partial charge in [-0.05, 0) is 13.8 Å². The Morgan fingerprint density at radius 3 is 2.70 bits per heavy atom. The summed E-state index contributed by atoms with van der Waals surface area (Å²) in [7, 11) is 1.29. The largest absolute Gasteiger partial charge is 0.490 e. The summed E-state index contributed by atoms with van der Waals surface area (Å²) in [6, 6.07) is 4.21. The Hall–Kier alpha value is -2.36. The molecule has 0 amide bonds. The standard InChI is InChI=1S/C13H16FN3O3/c1-4-16(8-9(2)7-15)11-6-13(20-3)12(17(18)19)5-10(11)14/h5-6,9H,4,8H2,1-3H3. The fourth-order valence-electron chi connectivity index (χ4n) is 1.85. The van der Waals surface area contributed by atoms with Gasteiger partial charge >= 0.3 is 5.69 Å². The number of nitro groups is 1. The second-order valence-corrected chi connectivity index (χ2v) is 4.30. The molecule has 20 heavy (non-hydrogen) atoms. The molecule has 7 heteroatoms. The van der Waals surface area contributed by atoms with Crippen LogP contribution in [0.25, 0.3) is 0 Å². The highest BCUT2D eigenvalue weighted by atomic mass is 19.1. The second-order valence-electron chi connectivity index (χ2n) is 4.30. The molecule has 1 atom stereocenters. The number of methoxy groups -OCH3 is 1. The molecule has 0 heterocycles. The fourth-order valence-corrected chi connectivity index (χ4v) is 1.85. The van der Waals surface area contributed by atoms with E-state index in [1.165, 1.54) is 13.2 Å². The van der Waals surface area contributed by atoms with Crippen LogP contribution in [0, 0.1) is 33.2 Å². The van der Waals surface area contributed by atoms with Gasteiger partial charge < -0.3 is 9.64 Å². The predicted octanol–water partition coefficient (Wildman–Crippen LogP) is 2.73. The first-order chi connectivity index (χ1) is 9.44. The van der Waals surface area contributed by atoms with Crippen molar-refractivity contribution in [3.8, 4) is 11.8 Å². The monoisotopic (exact) mass is 281 g/mol. The van der Waals surface area contributed by atoms with Gasteiger partial charge in [0.05, 0.1) is 35.8 Å². The topological polar surface area (TPSA) is 79.4 Å². The summed E-state index contributed by atoms with van der Waals surface area (Å²) in [5.74, 6) is -0.991. The molecule has 0 saturated carbocycles. The highest BCUT2D eigenvalue weighted by Crippen LogP contribution is 2.34. The third-order valence-electron chi connectivity index (χ3n) is 2.88. The summed E-state index contributed by atoms with van der Waals surface area (Å²) >= 11 is 0. The van der Waals surface area contributed by atoms with Crippen LogP contribution in [-0.4, -0.2) is 25.1 Å². The molecule has 1 aromatic rings. The van der Waals surface area contributed by atoms with Crippen molar-refractivity contribution in [2.45, 2.75) is 13.8 Å². The molecule has 0 saturated heterocycles. The van der Waals surface area contributed by atoms with Crippen LogP contribution in [0.4, 0.5) is 15.8 Å². The van der Waals surface area contributed by atoms with Crippen molar-refractivity contribution in [3.63, 3.8) is 0 Å². The molecule has 0 fully saturated rings. The Kier molecular flexibility index (Phi) is 5.26. The van der Waals surface area contributed by atoms with Crippen LogP contribution in [0.1, 0.15) is 13.8 Å². The summed E-state index contributed by atoms with van der Waals surface area (Å²) in [6.07, 6.45) is 0. The van der Waals surface area contributed by atoms with Gasteiger partial charge in [-0.15, -0.1) is 0 Å². The number of ether oxygens (including phenoxy) is 1. The molecular weight excluding hydrogens is 265 g/mol. The van der Waals surface area contributed by atoms with Crippen LogP contribution in [-0.2, 0) is 0 Å². The first-order valence-electron chi connectivity index (χ1n) is 6.11. The van der Waals surface area contributed by atoms with Gasteiger partial charge in [0.25, 0.3) is 0 Å². The molecule has 1 unspecified atom stereocenters. The van der Waals surface area contributed by atoms with E-state index in [4.69, 9.17) is 10.00 Å². The Labute approximate surface area is 116 Å². The lowest BCUT2D eigenvalue weighted by atomic mass is 10.1. The molecule has 6 nitrogen and oxygen atoms in total. The van der Waals surface area contributed by atoms with Gasteiger partial charge in [0.15, 0.2) is 11.6 Å². The van der Waals surface area contributed by atoms with Crippen LogP contribution in [0.15, 0.2) is 12.1 Å². The maximum absolute atomic E-state index is 14.0. The van der Waals surface area contributed by atoms with E-state index in [1.54, 1.807) is 11.8 Å². The maximum Gasteiger partial charge on any atom is 0.313 e. The zero-order valence-electron chi connectivity index (χ0n) is 11.6. The summed E-state index contributed by atoms with van der Waals surface area (Å²) in [5, 5.41) is 19.6. The van der Waals surface area contributed by atoms with E-state index < -0.39 is 16.4 Å². The lowest BCUT2D eigenvalue weighted by Gasteiger charge is -2.25. The van der Waals surface area contributed by atoms with Crippen LogP contribution >= 0.6 is 0 Å². The van der Waals surface area contributed by atoms with E-state index >= 15 is 0 Å². The smallest absolute Gasteiger partial charge is 0.313 e. The minimum atomic E-state index is -0.704. The van der Waals surface area contributed by atoms with E-state index in [-0.39, 0.29) is 17.4 Å². The van der Waals surface area contributed by atoms with Crippen molar-refractivity contribution in [2.75, 3.05) is 25.1 Å². The number of nitrogens with zero attached hydrogens (tertiary/aromatic N) is 3. The van der Waals surface area contributed by atoms with Gasteiger partial charge in [0.1, 0.15) is 0 Å². The number of hydrogen-bond acceptors (Lipinski definition) is 5. The number of nitro benzene ring substituents is 1. The lowest BCUT2D eigenvalue weighted by Crippen LogP contribution is -2.28. The van der Waals surface area contributed by atoms with Gasteiger partial charge in [0.2, 0.25) is 0 Å². The van der Waals surface area contributed by atoms with Crippen molar-refractivity contribution in [1.82, 2.24) is 0 Å². The van der Waals surface area contributed by atoms with E-state index in [0.717, 1.165) is 6.07 Å². The Morgan fingerprint density at radius 1 is 1.60 bits per heavy atom. The normalized spacial score (nSPS) is 11.6. The summed E-state index contributed by atoms with van der Waals surface area (Å²) in [4.78, 5) is 11.8. The van der Waals surface area contributed by atoms with Crippen LogP contribution in [0.2, 0.25) is 0 Å². The van der Waals surface area contributed by atoms with Crippen molar-refractivity contribution in [2.24, 2.45) is 5.92 Å². The van der Waals surface area contributed by atoms with Crippen molar-refractivity contribution < 1.29 is 14.1 Å². The summed E-state index contributed by atoms with van der Waals surface area (Å²) in [6.45, 7) is 4.36. The molecular formula is C13H16FN3O3. The van der Waals surface area contributed by atoms with Crippen LogP contribution in [0.5, 0.6) is 5.75 Å². The number of halogens is 1. The Morgan fingerprint density at radius 2 is 2.25 bits per heavy atom. The van der Waals surface area contributed by atoms with Gasteiger partial charge in [-0.25, -0.2) is 4.39 Å². The van der Waals surface area contributed by atoms with E-state index in [1.807, 2.05) is 6.92 Å². The van der Waals surface area contributed by atoms with Gasteiger partial charge in [-0.1, -0.05) is 0 Å². The van der Waals surface area contributed by atoms with Crippen LogP contribution in [0.3, 0.4) is 0 Å². The minimum Gasteiger partial charge on any atom is -0.490 e. The molecule has 0 radical (unpaired) electrons. The highest BCUT2D eigenvalue weighted by Gasteiger charge is 2.22. The Bertz CT molecular complexity index is 542. The fraction of sp³-hybridized carbons (Fsp3) is 0.462. The average molecular weight is 281 g/mol. The third kappa shape index (κ3) is 3.35. The zero-order valence-corrected chi connectivity index (χ0v) is 11.6. The first kappa shape index (κ1) is 15.7. The highest BCUT2D eigenvalue weighted by molar-refractivity contribution is 5.60.